The van der Waals surface area contributed by atoms with Crippen molar-refractivity contribution in [1.82, 2.24) is 24.6 Å². The van der Waals surface area contributed by atoms with Gasteiger partial charge in [-0.1, -0.05) is 24.6 Å². The molecular weight excluding hydrogens is 364 g/mol. The number of rotatable bonds is 3. The lowest BCUT2D eigenvalue weighted by Crippen LogP contribution is -2.41. The van der Waals surface area contributed by atoms with E-state index >= 15 is 0 Å². The van der Waals surface area contributed by atoms with Gasteiger partial charge in [0.15, 0.2) is 5.65 Å². The molecule has 0 unspecified atom stereocenters. The maximum atomic E-state index is 12.7. The quantitative estimate of drug-likeness (QED) is 0.688. The average Bonchev–Trinajstić information content (AvgIpc) is 2.95. The van der Waals surface area contributed by atoms with Crippen molar-refractivity contribution in [2.45, 2.75) is 32.6 Å². The molecule has 0 atom stereocenters. The van der Waals surface area contributed by atoms with Crippen LogP contribution in [0.3, 0.4) is 0 Å². The van der Waals surface area contributed by atoms with Crippen LogP contribution in [0, 0.1) is 12.8 Å². The first kappa shape index (κ1) is 18.1. The Bertz CT molecular complexity index is 1030. The summed E-state index contributed by atoms with van der Waals surface area (Å²) in [4.78, 5) is 26.5. The number of hydrogen-bond acceptors (Lipinski definition) is 5. The zero-order valence-corrected chi connectivity index (χ0v) is 16.8. The van der Waals surface area contributed by atoms with Gasteiger partial charge in [0, 0.05) is 32.1 Å². The number of benzene rings is 1. The Morgan fingerprint density at radius 3 is 2.59 bits per heavy atom. The summed E-state index contributed by atoms with van der Waals surface area (Å²) in [5, 5.41) is 5.55. The molecule has 0 radical (unpaired) electrons. The predicted molar refractivity (Wildman–Crippen MR) is 112 cm³/mol. The highest BCUT2D eigenvalue weighted by atomic mass is 16.2. The van der Waals surface area contributed by atoms with Crippen LogP contribution in [0.25, 0.3) is 16.7 Å². The van der Waals surface area contributed by atoms with E-state index in [0.717, 1.165) is 73.8 Å². The minimum atomic E-state index is 0.263. The molecule has 0 bridgehead atoms. The molecule has 1 saturated heterocycles. The van der Waals surface area contributed by atoms with Gasteiger partial charge in [-0.2, -0.15) is 5.10 Å². The Hall–Kier alpha value is -2.96. The molecule has 3 heterocycles. The molecule has 1 aliphatic carbocycles. The van der Waals surface area contributed by atoms with E-state index in [1.807, 2.05) is 48.1 Å². The Balaban J connectivity index is 1.44. The Morgan fingerprint density at radius 2 is 1.83 bits per heavy atom. The minimum Gasteiger partial charge on any atom is -0.354 e. The average molecular weight is 390 g/mol. The van der Waals surface area contributed by atoms with Gasteiger partial charge in [0.2, 0.25) is 5.91 Å². The fourth-order valence-electron chi connectivity index (χ4n) is 4.26. The largest absolute Gasteiger partial charge is 0.354 e. The van der Waals surface area contributed by atoms with Gasteiger partial charge in [-0.15, -0.1) is 0 Å². The van der Waals surface area contributed by atoms with Crippen LogP contribution >= 0.6 is 0 Å². The fourth-order valence-corrected chi connectivity index (χ4v) is 4.26. The van der Waals surface area contributed by atoms with Gasteiger partial charge in [-0.05, 0) is 38.3 Å². The number of carbonyl (C=O) groups excluding carboxylic acids is 1. The van der Waals surface area contributed by atoms with E-state index in [2.05, 4.69) is 19.9 Å². The van der Waals surface area contributed by atoms with Crippen LogP contribution in [0.15, 0.2) is 36.5 Å². The second-order valence-corrected chi connectivity index (χ2v) is 8.02. The van der Waals surface area contributed by atoms with Crippen LogP contribution in [-0.2, 0) is 4.79 Å². The zero-order valence-electron chi connectivity index (χ0n) is 16.8. The third-order valence-corrected chi connectivity index (χ3v) is 6.08. The molecule has 7 nitrogen and oxygen atoms in total. The molecule has 0 spiro atoms. The second kappa shape index (κ2) is 7.46. The summed E-state index contributed by atoms with van der Waals surface area (Å²) in [6.45, 7) is 5.20. The summed E-state index contributed by atoms with van der Waals surface area (Å²) in [5.41, 5.74) is 1.81. The van der Waals surface area contributed by atoms with E-state index in [1.54, 1.807) is 0 Å². The number of carbonyl (C=O) groups is 1. The number of para-hydroxylation sites is 1. The first-order valence-corrected chi connectivity index (χ1v) is 10.5. The standard InChI is InChI=1S/C22H26N6O/c1-16-24-20(19-15-23-28(21(19)25-16)18-9-3-2-4-10-18)26-11-6-12-27(14-13-26)22(29)17-7-5-8-17/h2-4,9-10,15,17H,5-8,11-14H2,1H3. The van der Waals surface area contributed by atoms with Crippen LogP contribution in [0.5, 0.6) is 0 Å². The number of hydrogen-bond donors (Lipinski definition) is 0. The smallest absolute Gasteiger partial charge is 0.225 e. The van der Waals surface area contributed by atoms with Crippen LogP contribution in [0.4, 0.5) is 5.82 Å². The van der Waals surface area contributed by atoms with Crippen LogP contribution < -0.4 is 4.90 Å². The van der Waals surface area contributed by atoms with Gasteiger partial charge >= 0.3 is 0 Å². The molecule has 150 valence electrons. The summed E-state index contributed by atoms with van der Waals surface area (Å²) in [6, 6.07) is 10.0. The van der Waals surface area contributed by atoms with Gasteiger partial charge in [-0.3, -0.25) is 4.79 Å². The SMILES string of the molecule is Cc1nc(N2CCCN(C(=O)C3CCC3)CC2)c2cnn(-c3ccccc3)c2n1. The number of aromatic nitrogens is 4. The second-order valence-electron chi connectivity index (χ2n) is 8.02. The first-order valence-electron chi connectivity index (χ1n) is 10.5. The number of aryl methyl sites for hydroxylation is 1. The van der Waals surface area contributed by atoms with Crippen molar-refractivity contribution in [3.63, 3.8) is 0 Å². The number of nitrogens with zero attached hydrogens (tertiary/aromatic N) is 6. The van der Waals surface area contributed by atoms with Crippen molar-refractivity contribution in [2.75, 3.05) is 31.1 Å². The molecule has 1 aromatic carbocycles. The van der Waals surface area contributed by atoms with E-state index in [4.69, 9.17) is 4.98 Å². The molecule has 2 fully saturated rings. The monoisotopic (exact) mass is 390 g/mol. The molecule has 2 aromatic heterocycles. The third kappa shape index (κ3) is 3.34. The predicted octanol–water partition coefficient (Wildman–Crippen LogP) is 2.96. The highest BCUT2D eigenvalue weighted by Gasteiger charge is 2.30. The van der Waals surface area contributed by atoms with E-state index in [1.165, 1.54) is 6.42 Å². The lowest BCUT2D eigenvalue weighted by Gasteiger charge is -2.31. The summed E-state index contributed by atoms with van der Waals surface area (Å²) >= 11 is 0. The number of fused-ring (bicyclic) bond motifs is 1. The van der Waals surface area contributed by atoms with Gasteiger partial charge in [0.25, 0.3) is 0 Å². The Kier molecular flexibility index (Phi) is 4.66. The highest BCUT2D eigenvalue weighted by Crippen LogP contribution is 2.30. The number of anilines is 1. The lowest BCUT2D eigenvalue weighted by molar-refractivity contribution is -0.137. The van der Waals surface area contributed by atoms with Crippen LogP contribution in [0.1, 0.15) is 31.5 Å². The maximum Gasteiger partial charge on any atom is 0.225 e. The van der Waals surface area contributed by atoms with Gasteiger partial charge in [-0.25, -0.2) is 14.6 Å². The lowest BCUT2D eigenvalue weighted by atomic mass is 9.84. The van der Waals surface area contributed by atoms with Crippen molar-refractivity contribution in [3.8, 4) is 5.69 Å². The molecule has 1 amide bonds. The molecule has 0 N–H and O–H groups in total. The van der Waals surface area contributed by atoms with Crippen molar-refractivity contribution in [3.05, 3.63) is 42.4 Å². The fraction of sp³-hybridized carbons (Fsp3) is 0.455. The van der Waals surface area contributed by atoms with Crippen LogP contribution in [-0.4, -0.2) is 56.7 Å². The topological polar surface area (TPSA) is 67.2 Å². The summed E-state index contributed by atoms with van der Waals surface area (Å²) < 4.78 is 1.87. The Morgan fingerprint density at radius 1 is 1.00 bits per heavy atom. The molecule has 3 aromatic rings. The highest BCUT2D eigenvalue weighted by molar-refractivity contribution is 5.88. The molecular formula is C22H26N6O. The molecule has 29 heavy (non-hydrogen) atoms. The normalized spacial score (nSPS) is 18.0. The van der Waals surface area contributed by atoms with Crippen molar-refractivity contribution in [2.24, 2.45) is 5.92 Å². The zero-order chi connectivity index (χ0) is 19.8. The van der Waals surface area contributed by atoms with Crippen molar-refractivity contribution < 1.29 is 4.79 Å². The van der Waals surface area contributed by atoms with Crippen molar-refractivity contribution >= 4 is 22.8 Å². The van der Waals surface area contributed by atoms with Crippen LogP contribution in [0.2, 0.25) is 0 Å². The summed E-state index contributed by atoms with van der Waals surface area (Å²) in [7, 11) is 0. The third-order valence-electron chi connectivity index (χ3n) is 6.08. The summed E-state index contributed by atoms with van der Waals surface area (Å²) in [5.74, 6) is 2.27. The molecule has 2 aliphatic rings. The van der Waals surface area contributed by atoms with Crippen molar-refractivity contribution in [1.29, 1.82) is 0 Å². The first-order chi connectivity index (χ1) is 14.2. The number of amides is 1. The Labute approximate surface area is 170 Å². The van der Waals surface area contributed by atoms with E-state index in [9.17, 15) is 4.79 Å². The van der Waals surface area contributed by atoms with Gasteiger partial charge in [0.05, 0.1) is 17.3 Å². The van der Waals surface area contributed by atoms with Gasteiger partial charge < -0.3 is 9.80 Å². The molecule has 7 heteroatoms. The van der Waals surface area contributed by atoms with E-state index in [0.29, 0.717) is 5.91 Å². The molecule has 1 saturated carbocycles. The van der Waals surface area contributed by atoms with E-state index < -0.39 is 0 Å². The molecule has 1 aliphatic heterocycles. The van der Waals surface area contributed by atoms with Gasteiger partial charge in [0.1, 0.15) is 11.6 Å². The minimum absolute atomic E-state index is 0.263. The van der Waals surface area contributed by atoms with E-state index in [-0.39, 0.29) is 5.92 Å². The molecule has 5 rings (SSSR count). The summed E-state index contributed by atoms with van der Waals surface area (Å²) in [6.07, 6.45) is 6.13. The maximum absolute atomic E-state index is 12.7.